The van der Waals surface area contributed by atoms with Gasteiger partial charge in [0.15, 0.2) is 5.78 Å². The average molecular weight is 449 g/mol. The van der Waals surface area contributed by atoms with E-state index < -0.39 is 10.0 Å². The number of hydrogen-bond acceptors (Lipinski definition) is 4. The van der Waals surface area contributed by atoms with Gasteiger partial charge in [-0.15, -0.1) is 0 Å². The number of ketones is 1. The van der Waals surface area contributed by atoms with Crippen LogP contribution >= 0.6 is 0 Å². The number of aryl methyl sites for hydroxylation is 2. The normalized spacial score (nSPS) is 13.4. The van der Waals surface area contributed by atoms with Crippen molar-refractivity contribution >= 4 is 33.1 Å². The minimum atomic E-state index is -3.85. The van der Waals surface area contributed by atoms with Crippen molar-refractivity contribution in [3.8, 4) is 0 Å². The van der Waals surface area contributed by atoms with E-state index in [2.05, 4.69) is 4.72 Å². The molecule has 1 aliphatic rings. The van der Waals surface area contributed by atoms with Gasteiger partial charge >= 0.3 is 0 Å². The first kappa shape index (κ1) is 21.8. The summed E-state index contributed by atoms with van der Waals surface area (Å²) in [5, 5.41) is 0. The number of fused-ring (bicyclic) bond motifs is 1. The maximum atomic E-state index is 13.1. The Morgan fingerprint density at radius 2 is 1.69 bits per heavy atom. The lowest BCUT2D eigenvalue weighted by Crippen LogP contribution is -2.35. The van der Waals surface area contributed by atoms with Crippen molar-refractivity contribution in [1.82, 2.24) is 0 Å². The zero-order chi connectivity index (χ0) is 22.9. The predicted octanol–water partition coefficient (Wildman–Crippen LogP) is 4.59. The van der Waals surface area contributed by atoms with Crippen LogP contribution in [0.5, 0.6) is 0 Å². The van der Waals surface area contributed by atoms with Gasteiger partial charge in [-0.25, -0.2) is 8.42 Å². The first-order valence-corrected chi connectivity index (χ1v) is 11.9. The fourth-order valence-electron chi connectivity index (χ4n) is 3.82. The molecule has 0 aromatic heterocycles. The van der Waals surface area contributed by atoms with E-state index in [1.807, 2.05) is 31.2 Å². The first-order valence-electron chi connectivity index (χ1n) is 10.4. The highest BCUT2D eigenvalue weighted by molar-refractivity contribution is 7.92. The van der Waals surface area contributed by atoms with E-state index in [9.17, 15) is 18.0 Å². The summed E-state index contributed by atoms with van der Waals surface area (Å²) in [6.45, 7) is 3.99. The van der Waals surface area contributed by atoms with Crippen molar-refractivity contribution < 1.29 is 18.0 Å². The SMILES string of the molecule is CC(=O)c1cccc(NS(=O)(=O)c2ccc3c(c2)CCCN3C(=O)c2ccc(C)cc2)c1. The van der Waals surface area contributed by atoms with Crippen LogP contribution in [0.1, 0.15) is 45.2 Å². The van der Waals surface area contributed by atoms with Gasteiger partial charge in [0.05, 0.1) is 4.90 Å². The highest BCUT2D eigenvalue weighted by Crippen LogP contribution is 2.31. The molecule has 1 heterocycles. The quantitative estimate of drug-likeness (QED) is 0.579. The summed E-state index contributed by atoms with van der Waals surface area (Å²) in [5.74, 6) is -0.237. The number of benzene rings is 3. The van der Waals surface area contributed by atoms with Gasteiger partial charge in [-0.2, -0.15) is 0 Å². The Labute approximate surface area is 187 Å². The molecule has 3 aromatic carbocycles. The third kappa shape index (κ3) is 4.43. The molecule has 6 nitrogen and oxygen atoms in total. The Bertz CT molecular complexity index is 1300. The van der Waals surface area contributed by atoms with E-state index in [0.29, 0.717) is 29.8 Å². The number of carbonyl (C=O) groups is 2. The molecule has 1 amide bonds. The maximum absolute atomic E-state index is 13.1. The van der Waals surface area contributed by atoms with E-state index in [1.54, 1.807) is 35.2 Å². The van der Waals surface area contributed by atoms with E-state index in [4.69, 9.17) is 0 Å². The van der Waals surface area contributed by atoms with Gasteiger partial charge in [0.2, 0.25) is 0 Å². The van der Waals surface area contributed by atoms with Crippen molar-refractivity contribution in [2.45, 2.75) is 31.6 Å². The van der Waals surface area contributed by atoms with Gasteiger partial charge in [-0.1, -0.05) is 29.8 Å². The van der Waals surface area contributed by atoms with Crippen molar-refractivity contribution in [2.75, 3.05) is 16.2 Å². The third-order valence-corrected chi connectivity index (χ3v) is 6.92. The number of rotatable bonds is 5. The smallest absolute Gasteiger partial charge is 0.261 e. The summed E-state index contributed by atoms with van der Waals surface area (Å²) < 4.78 is 28.5. The lowest BCUT2D eigenvalue weighted by molar-refractivity contribution is 0.0983. The Morgan fingerprint density at radius 1 is 0.938 bits per heavy atom. The first-order chi connectivity index (χ1) is 15.2. The molecule has 0 fully saturated rings. The molecule has 32 heavy (non-hydrogen) atoms. The molecule has 0 atom stereocenters. The highest BCUT2D eigenvalue weighted by Gasteiger charge is 2.25. The second-order valence-electron chi connectivity index (χ2n) is 7.96. The lowest BCUT2D eigenvalue weighted by Gasteiger charge is -2.30. The topological polar surface area (TPSA) is 83.6 Å². The Morgan fingerprint density at radius 3 is 2.41 bits per heavy atom. The monoisotopic (exact) mass is 448 g/mol. The molecule has 164 valence electrons. The highest BCUT2D eigenvalue weighted by atomic mass is 32.2. The van der Waals surface area contributed by atoms with Crippen LogP contribution in [0.15, 0.2) is 71.6 Å². The Balaban J connectivity index is 1.62. The van der Waals surface area contributed by atoms with E-state index >= 15 is 0 Å². The van der Waals surface area contributed by atoms with Crippen molar-refractivity contribution in [3.05, 3.63) is 89.0 Å². The minimum absolute atomic E-state index is 0.0965. The van der Waals surface area contributed by atoms with Crippen LogP contribution in [-0.4, -0.2) is 26.7 Å². The van der Waals surface area contributed by atoms with E-state index in [-0.39, 0.29) is 16.6 Å². The average Bonchev–Trinajstić information content (AvgIpc) is 2.78. The lowest BCUT2D eigenvalue weighted by atomic mass is 10.0. The molecule has 7 heteroatoms. The Kier molecular flexibility index (Phi) is 5.84. The van der Waals surface area contributed by atoms with Crippen molar-refractivity contribution in [1.29, 1.82) is 0 Å². The number of nitrogens with zero attached hydrogens (tertiary/aromatic N) is 1. The van der Waals surface area contributed by atoms with E-state index in [1.165, 1.54) is 19.1 Å². The molecule has 0 radical (unpaired) electrons. The number of Topliss-reactive ketones (excluding diaryl/α,β-unsaturated/α-hetero) is 1. The predicted molar refractivity (Wildman–Crippen MR) is 125 cm³/mol. The fraction of sp³-hybridized carbons (Fsp3) is 0.200. The Hall–Kier alpha value is -3.45. The second-order valence-corrected chi connectivity index (χ2v) is 9.64. The summed E-state index contributed by atoms with van der Waals surface area (Å²) in [5.41, 5.74) is 3.99. The van der Waals surface area contributed by atoms with Crippen LogP contribution in [0.25, 0.3) is 0 Å². The van der Waals surface area contributed by atoms with Gasteiger partial charge in [0, 0.05) is 29.0 Å². The molecule has 1 N–H and O–H groups in total. The number of nitrogens with one attached hydrogen (secondary N) is 1. The molecule has 1 aliphatic heterocycles. The number of hydrogen-bond donors (Lipinski definition) is 1. The van der Waals surface area contributed by atoms with Crippen molar-refractivity contribution in [3.63, 3.8) is 0 Å². The molecule has 0 saturated carbocycles. The second kappa shape index (κ2) is 8.59. The number of amides is 1. The molecule has 0 unspecified atom stereocenters. The number of anilines is 2. The number of sulfonamides is 1. The van der Waals surface area contributed by atoms with Gasteiger partial charge in [-0.3, -0.25) is 14.3 Å². The molecule has 4 rings (SSSR count). The summed E-state index contributed by atoms with van der Waals surface area (Å²) in [7, 11) is -3.85. The van der Waals surface area contributed by atoms with Gasteiger partial charge in [0.1, 0.15) is 0 Å². The zero-order valence-corrected chi connectivity index (χ0v) is 18.8. The van der Waals surface area contributed by atoms with Gasteiger partial charge in [-0.05, 0) is 74.7 Å². The third-order valence-electron chi connectivity index (χ3n) is 5.54. The zero-order valence-electron chi connectivity index (χ0n) is 18.0. The van der Waals surface area contributed by atoms with Gasteiger partial charge < -0.3 is 4.90 Å². The molecular formula is C25H24N2O4S. The summed E-state index contributed by atoms with van der Waals surface area (Å²) in [4.78, 5) is 26.5. The van der Waals surface area contributed by atoms with Crippen LogP contribution in [-0.2, 0) is 16.4 Å². The molecule has 3 aromatic rings. The fourth-order valence-corrected chi connectivity index (χ4v) is 4.92. The maximum Gasteiger partial charge on any atom is 0.261 e. The van der Waals surface area contributed by atoms with Crippen LogP contribution in [0.3, 0.4) is 0 Å². The molecule has 0 spiro atoms. The van der Waals surface area contributed by atoms with E-state index in [0.717, 1.165) is 23.2 Å². The molecule has 0 bridgehead atoms. The summed E-state index contributed by atoms with van der Waals surface area (Å²) in [6.07, 6.45) is 1.44. The van der Waals surface area contributed by atoms with Gasteiger partial charge in [0.25, 0.3) is 15.9 Å². The van der Waals surface area contributed by atoms with Crippen LogP contribution in [0, 0.1) is 6.92 Å². The van der Waals surface area contributed by atoms with Crippen LogP contribution < -0.4 is 9.62 Å². The minimum Gasteiger partial charge on any atom is -0.308 e. The van der Waals surface area contributed by atoms with Crippen LogP contribution in [0.2, 0.25) is 0 Å². The molecular weight excluding hydrogens is 424 g/mol. The summed E-state index contributed by atoms with van der Waals surface area (Å²) in [6, 6.07) is 18.6. The summed E-state index contributed by atoms with van der Waals surface area (Å²) >= 11 is 0. The van der Waals surface area contributed by atoms with Crippen molar-refractivity contribution in [2.24, 2.45) is 0 Å². The molecule has 0 saturated heterocycles. The largest absolute Gasteiger partial charge is 0.308 e. The number of carbonyl (C=O) groups excluding carboxylic acids is 2. The van der Waals surface area contributed by atoms with Crippen LogP contribution in [0.4, 0.5) is 11.4 Å². The standard InChI is InChI=1S/C25H24N2O4S/c1-17-8-10-19(11-9-17)25(29)27-14-4-6-21-16-23(12-13-24(21)27)32(30,31)26-22-7-3-5-20(15-22)18(2)28/h3,5,7-13,15-16,26H,4,6,14H2,1-2H3. The molecule has 0 aliphatic carbocycles.